The number of pyridine rings is 1. The highest BCUT2D eigenvalue weighted by Gasteiger charge is 2.25. The molecule has 0 fully saturated rings. The summed E-state index contributed by atoms with van der Waals surface area (Å²) in [4.78, 5) is 40.4. The van der Waals surface area contributed by atoms with Crippen LogP contribution in [0.1, 0.15) is 48.2 Å². The Hall–Kier alpha value is -3.04. The molecule has 1 unspecified atom stereocenters. The molecule has 0 spiro atoms. The number of fused-ring (bicyclic) bond motifs is 1. The van der Waals surface area contributed by atoms with Crippen molar-refractivity contribution in [3.05, 3.63) is 49.9 Å². The molecule has 3 heterocycles. The normalized spacial score (nSPS) is 16.5. The molecule has 2 N–H and O–H groups in total. The number of nitro groups is 1. The van der Waals surface area contributed by atoms with Crippen molar-refractivity contribution in [2.75, 3.05) is 0 Å². The van der Waals surface area contributed by atoms with E-state index in [4.69, 9.17) is 0 Å². The second-order valence-electron chi connectivity index (χ2n) is 6.29. The van der Waals surface area contributed by atoms with Crippen molar-refractivity contribution in [2.24, 2.45) is 0 Å². The first-order valence-electron chi connectivity index (χ1n) is 7.96. The minimum Gasteiger partial charge on any atom is -0.347 e. The number of aryl methyl sites for hydroxylation is 1. The lowest BCUT2D eigenvalue weighted by molar-refractivity contribution is -0.386. The van der Waals surface area contributed by atoms with Crippen LogP contribution in [0.2, 0.25) is 0 Å². The van der Waals surface area contributed by atoms with Gasteiger partial charge in [-0.15, -0.1) is 0 Å². The Labute approximate surface area is 142 Å². The van der Waals surface area contributed by atoms with E-state index in [1.54, 1.807) is 4.68 Å². The maximum absolute atomic E-state index is 12.3. The van der Waals surface area contributed by atoms with Crippen molar-refractivity contribution in [3.8, 4) is 0 Å². The highest BCUT2D eigenvalue weighted by atomic mass is 16.6. The lowest BCUT2D eigenvalue weighted by Crippen LogP contribution is -2.41. The summed E-state index contributed by atoms with van der Waals surface area (Å²) in [7, 11) is 0. The molecule has 2 aromatic heterocycles. The highest BCUT2D eigenvalue weighted by molar-refractivity contribution is 5.94. The molecular weight excluding hydrogens is 328 g/mol. The van der Waals surface area contributed by atoms with Crippen molar-refractivity contribution < 1.29 is 9.72 Å². The molecular formula is C15H18N6O4. The molecule has 132 valence electrons. The summed E-state index contributed by atoms with van der Waals surface area (Å²) in [5, 5.41) is 18.1. The number of nitrogens with one attached hydrogen (secondary N) is 2. The third-order valence-corrected chi connectivity index (χ3v) is 4.07. The smallest absolute Gasteiger partial charge is 0.334 e. The second kappa shape index (κ2) is 6.46. The minimum absolute atomic E-state index is 0.0403. The number of amides is 1. The standard InChI is InChI=1S/C15H18N6O4/c1-8(2)13-18-12-4-3-10(7-20(12)19-13)17-14(22)9-5-11(21(24)25)15(23)16-6-9/h5-6,8,10H,3-4,7H2,1-2H3,(H,16,23)(H,17,22). The molecule has 1 atom stereocenters. The number of carbonyl (C=O) groups excluding carboxylic acids is 1. The van der Waals surface area contributed by atoms with Crippen LogP contribution in [-0.4, -0.2) is 36.6 Å². The van der Waals surface area contributed by atoms with Crippen molar-refractivity contribution in [3.63, 3.8) is 0 Å². The number of carbonyl (C=O) groups is 1. The van der Waals surface area contributed by atoms with E-state index in [1.165, 1.54) is 6.20 Å². The number of hydrogen-bond donors (Lipinski definition) is 2. The summed E-state index contributed by atoms with van der Waals surface area (Å²) >= 11 is 0. The van der Waals surface area contributed by atoms with Gasteiger partial charge in [0.05, 0.1) is 17.0 Å². The number of aromatic amines is 1. The number of H-pyrrole nitrogens is 1. The fourth-order valence-corrected chi connectivity index (χ4v) is 2.70. The average Bonchev–Trinajstić information content (AvgIpc) is 2.98. The van der Waals surface area contributed by atoms with Gasteiger partial charge in [-0.2, -0.15) is 5.10 Å². The van der Waals surface area contributed by atoms with Crippen molar-refractivity contribution in [2.45, 2.75) is 45.2 Å². The van der Waals surface area contributed by atoms with Crippen LogP contribution in [0.4, 0.5) is 5.69 Å². The molecule has 0 bridgehead atoms. The molecule has 1 amide bonds. The van der Waals surface area contributed by atoms with Crippen molar-refractivity contribution >= 4 is 11.6 Å². The molecule has 0 radical (unpaired) electrons. The quantitative estimate of drug-likeness (QED) is 0.619. The van der Waals surface area contributed by atoms with Crippen LogP contribution in [0.15, 0.2) is 17.1 Å². The molecule has 1 aliphatic heterocycles. The van der Waals surface area contributed by atoms with Gasteiger partial charge in [0.25, 0.3) is 5.91 Å². The SMILES string of the molecule is CC(C)c1nc2n(n1)CC(NC(=O)c1c[nH]c(=O)c([N+](=O)[O-])c1)CC2. The fraction of sp³-hybridized carbons (Fsp3) is 0.467. The van der Waals surface area contributed by atoms with Crippen LogP contribution in [0.5, 0.6) is 0 Å². The number of hydrogen-bond acceptors (Lipinski definition) is 6. The Bertz CT molecular complexity index is 884. The third kappa shape index (κ3) is 3.42. The lowest BCUT2D eigenvalue weighted by Gasteiger charge is -2.23. The van der Waals surface area contributed by atoms with E-state index in [-0.39, 0.29) is 17.5 Å². The zero-order valence-electron chi connectivity index (χ0n) is 13.9. The van der Waals surface area contributed by atoms with E-state index in [9.17, 15) is 19.7 Å². The topological polar surface area (TPSA) is 136 Å². The van der Waals surface area contributed by atoms with E-state index in [2.05, 4.69) is 20.4 Å². The molecule has 0 aromatic carbocycles. The van der Waals surface area contributed by atoms with Crippen molar-refractivity contribution in [1.29, 1.82) is 0 Å². The molecule has 10 heteroatoms. The largest absolute Gasteiger partial charge is 0.347 e. The molecule has 3 rings (SSSR count). The van der Waals surface area contributed by atoms with E-state index < -0.39 is 22.1 Å². The molecule has 0 saturated carbocycles. The van der Waals surface area contributed by atoms with Crippen molar-refractivity contribution in [1.82, 2.24) is 25.1 Å². The van der Waals surface area contributed by atoms with Crippen LogP contribution >= 0.6 is 0 Å². The molecule has 2 aromatic rings. The maximum atomic E-state index is 12.3. The summed E-state index contributed by atoms with van der Waals surface area (Å²) in [6.45, 7) is 4.53. The first-order chi connectivity index (χ1) is 11.8. The Morgan fingerprint density at radius 3 is 2.96 bits per heavy atom. The molecule has 0 saturated heterocycles. The van der Waals surface area contributed by atoms with Gasteiger partial charge in [0, 0.05) is 30.6 Å². The summed E-state index contributed by atoms with van der Waals surface area (Å²) in [6.07, 6.45) is 2.56. The van der Waals surface area contributed by atoms with Crippen LogP contribution in [0.25, 0.3) is 0 Å². The Balaban J connectivity index is 1.72. The maximum Gasteiger partial charge on any atom is 0.334 e. The Morgan fingerprint density at radius 1 is 1.52 bits per heavy atom. The molecule has 10 nitrogen and oxygen atoms in total. The second-order valence-corrected chi connectivity index (χ2v) is 6.29. The van der Waals surface area contributed by atoms with Gasteiger partial charge in [-0.3, -0.25) is 19.7 Å². The fourth-order valence-electron chi connectivity index (χ4n) is 2.70. The van der Waals surface area contributed by atoms with E-state index >= 15 is 0 Å². The predicted octanol–water partition coefficient (Wildman–Crippen LogP) is 0.743. The van der Waals surface area contributed by atoms with Crippen LogP contribution in [0, 0.1) is 10.1 Å². The van der Waals surface area contributed by atoms with Gasteiger partial charge in [0.1, 0.15) is 5.82 Å². The van der Waals surface area contributed by atoms with E-state index in [0.29, 0.717) is 19.4 Å². The molecule has 1 aliphatic rings. The molecule has 25 heavy (non-hydrogen) atoms. The van der Waals surface area contributed by atoms with Crippen LogP contribution < -0.4 is 10.9 Å². The van der Waals surface area contributed by atoms with Gasteiger partial charge in [0.2, 0.25) is 0 Å². The number of nitrogens with zero attached hydrogens (tertiary/aromatic N) is 4. The van der Waals surface area contributed by atoms with Crippen LogP contribution in [-0.2, 0) is 13.0 Å². The van der Waals surface area contributed by atoms with Gasteiger partial charge < -0.3 is 10.3 Å². The summed E-state index contributed by atoms with van der Waals surface area (Å²) in [6, 6.07) is 0.821. The number of aromatic nitrogens is 4. The zero-order valence-corrected chi connectivity index (χ0v) is 13.9. The Kier molecular flexibility index (Phi) is 4.34. The van der Waals surface area contributed by atoms with Crippen LogP contribution in [0.3, 0.4) is 0 Å². The minimum atomic E-state index is -0.840. The van der Waals surface area contributed by atoms with Gasteiger partial charge in [-0.25, -0.2) is 9.67 Å². The van der Waals surface area contributed by atoms with E-state index in [0.717, 1.165) is 17.7 Å². The summed E-state index contributed by atoms with van der Waals surface area (Å²) in [5.41, 5.74) is -1.46. The highest BCUT2D eigenvalue weighted by Crippen LogP contribution is 2.17. The Morgan fingerprint density at radius 2 is 2.28 bits per heavy atom. The first-order valence-corrected chi connectivity index (χ1v) is 7.96. The average molecular weight is 346 g/mol. The first kappa shape index (κ1) is 16.8. The van der Waals surface area contributed by atoms with Gasteiger partial charge >= 0.3 is 11.2 Å². The summed E-state index contributed by atoms with van der Waals surface area (Å²) in [5.74, 6) is 1.43. The van der Waals surface area contributed by atoms with Gasteiger partial charge in [-0.05, 0) is 6.42 Å². The molecule has 0 aliphatic carbocycles. The van der Waals surface area contributed by atoms with E-state index in [1.807, 2.05) is 13.8 Å². The summed E-state index contributed by atoms with van der Waals surface area (Å²) < 4.78 is 1.79. The number of rotatable bonds is 4. The monoisotopic (exact) mass is 346 g/mol. The van der Waals surface area contributed by atoms with Gasteiger partial charge in [-0.1, -0.05) is 13.8 Å². The third-order valence-electron chi connectivity index (χ3n) is 4.07. The predicted molar refractivity (Wildman–Crippen MR) is 87.4 cm³/mol. The lowest BCUT2D eigenvalue weighted by atomic mass is 10.1. The van der Waals surface area contributed by atoms with Gasteiger partial charge in [0.15, 0.2) is 5.82 Å². The zero-order chi connectivity index (χ0) is 18.1.